The average Bonchev–Trinajstić information content (AvgIpc) is 0.912. The van der Waals surface area contributed by atoms with E-state index in [1.54, 1.807) is 18.7 Å². The van der Waals surface area contributed by atoms with E-state index in [1.807, 2.05) is 91.3 Å². The number of aromatic nitrogens is 3. The lowest BCUT2D eigenvalue weighted by Gasteiger charge is -2.56. The number of rotatable bonds is 58. The molecule has 39 heteroatoms. The molecule has 784 valence electrons. The first-order chi connectivity index (χ1) is 68.8. The van der Waals surface area contributed by atoms with Gasteiger partial charge in [-0.3, -0.25) is 57.8 Å². The van der Waals surface area contributed by atoms with Crippen LogP contribution in [0.25, 0.3) is 0 Å². The largest absolute Gasteiger partial charge is 0.399 e. The third-order valence-electron chi connectivity index (χ3n) is 28.6. The van der Waals surface area contributed by atoms with E-state index in [4.69, 9.17) is 58.7 Å². The fourth-order valence-electron chi connectivity index (χ4n) is 20.9. The first-order valence-electron chi connectivity index (χ1n) is 50.8. The summed E-state index contributed by atoms with van der Waals surface area (Å²) in [7, 11) is -4.16. The van der Waals surface area contributed by atoms with Gasteiger partial charge in [-0.15, -0.1) is 5.10 Å². The van der Waals surface area contributed by atoms with Crippen molar-refractivity contribution in [2.45, 2.75) is 244 Å². The van der Waals surface area contributed by atoms with Crippen LogP contribution in [0.2, 0.25) is 0 Å². The summed E-state index contributed by atoms with van der Waals surface area (Å²) < 4.78 is 83.6. The van der Waals surface area contributed by atoms with Crippen molar-refractivity contribution in [2.75, 3.05) is 160 Å². The summed E-state index contributed by atoms with van der Waals surface area (Å²) in [5.74, 6) is 0.920. The van der Waals surface area contributed by atoms with E-state index in [0.717, 1.165) is 84.9 Å². The number of imide groups is 1. The molecule has 38 nitrogen and oxygen atoms in total. The predicted molar refractivity (Wildman–Crippen MR) is 534 cm³/mol. The van der Waals surface area contributed by atoms with Crippen molar-refractivity contribution >= 4 is 92.3 Å². The number of carbonyl (C=O) groups is 11. The molecule has 6 aliphatic rings. The van der Waals surface area contributed by atoms with Crippen LogP contribution in [0.15, 0.2) is 84.9 Å². The van der Waals surface area contributed by atoms with Gasteiger partial charge in [0, 0.05) is 74.4 Å². The Hall–Kier alpha value is -10.9. The van der Waals surface area contributed by atoms with Crippen molar-refractivity contribution in [2.24, 2.45) is 34.3 Å². The molecule has 2 heterocycles. The summed E-state index contributed by atoms with van der Waals surface area (Å²) in [5.41, 5.74) is 19.8. The van der Waals surface area contributed by atoms with Crippen LogP contribution >= 0.6 is 0 Å². The zero-order valence-electron chi connectivity index (χ0n) is 83.8. The Balaban J connectivity index is 0.639. The maximum absolute atomic E-state index is 15.1. The van der Waals surface area contributed by atoms with E-state index >= 15 is 4.79 Å². The first kappa shape index (κ1) is 112. The molecule has 2 fully saturated rings. The summed E-state index contributed by atoms with van der Waals surface area (Å²) >= 11 is 0. The van der Waals surface area contributed by atoms with Crippen molar-refractivity contribution in [1.82, 2.24) is 57.5 Å². The molecule has 2 saturated carbocycles. The Labute approximate surface area is 839 Å². The van der Waals surface area contributed by atoms with Gasteiger partial charge in [0.25, 0.3) is 10.1 Å². The second kappa shape index (κ2) is 56.0. The third-order valence-corrected chi connectivity index (χ3v) is 29.3. The molecule has 1 aromatic heterocycles. The van der Waals surface area contributed by atoms with Gasteiger partial charge in [0.05, 0.1) is 147 Å². The minimum Gasteiger partial charge on any atom is -0.399 e. The lowest BCUT2D eigenvalue weighted by molar-refractivity contribution is -0.150. The van der Waals surface area contributed by atoms with Gasteiger partial charge in [-0.2, -0.15) is 8.42 Å². The number of ether oxygens (including phenoxy) is 9. The highest BCUT2D eigenvalue weighted by Crippen LogP contribution is 2.60. The Morgan fingerprint density at radius 1 is 0.510 bits per heavy atom. The van der Waals surface area contributed by atoms with Crippen molar-refractivity contribution < 1.29 is 108 Å². The van der Waals surface area contributed by atoms with Crippen LogP contribution in [-0.4, -0.2) is 255 Å². The zero-order valence-corrected chi connectivity index (χ0v) is 84.7. The number of nitrogens with zero attached hydrogens (tertiary/aromatic N) is 4. The number of amides is 12. The fraction of sp³-hybridized carbons (Fsp3) is 0.625. The number of para-hydroxylation sites is 1. The van der Waals surface area contributed by atoms with Crippen LogP contribution in [-0.2, 0) is 144 Å². The highest BCUT2D eigenvalue weighted by molar-refractivity contribution is 7.85. The number of hydrogen-bond donors (Lipinski definition) is 12. The lowest BCUT2D eigenvalue weighted by Crippen LogP contribution is -2.60. The predicted octanol–water partition coefficient (Wildman–Crippen LogP) is 7.64. The Bertz CT molecular complexity index is 5300. The number of primary amides is 1. The molecule has 12 amide bonds. The smallest absolute Gasteiger partial charge is 0.312 e. The second-order valence-electron chi connectivity index (χ2n) is 39.1. The SMILES string of the molecule is CC(C)[C@H](NC(=O)[C@@H](CCCCNC(=O)COC1CCCCCc2c1nnn2CCOCCOCCOCCOCCC(=O)NCCS(=O)(=O)O)NC(=O)CCOCCOCCOCCOCCNC(=O)CCC(=O)N1Cc2ccccc2C#Cc2ccccc21)C(=O)N[C@@H](CCCNC(N)=O)C(=O)Nc1ccc2c(c1)[C@@]1(C)CCC[C@](C)(C(=O)NC(=O)[C@@]3(C)CCC[C@]4(C)c5cc(N)ccc5CC[C@@H]34)[C@@H]1CC2. The standard InChI is InChI=1S/C104H149N15O23S/c1-71(2)93(97(127)113-82(23-16-46-110-100(106)130)95(125)111-78-34-30-74-32-36-87-102(4,80(74)68-78)42-18-44-104(87,6)99(129)115-98(128)103(5)43-17-41-101(3)79-67-77(105)33-29-73(79)31-35-86(101)103)114-96(126)81(112-90(122)40-51-135-55-59-139-62-64-140-60-56-136-52-47-108-88(120)37-38-92(124)118-69-76-21-11-10-19-72(76)27-28-75-20-12-13-24-83(75)118)22-14-15-45-107-91(123)70-142-85-26-9-7-8-25-84-94(85)116-117-119(84)49-53-137-57-61-141-65-63-138-58-54-134-50-39-89(121)109-48-66-143(131,132)133/h10-13,19-21,24,29-30,33-34,67-68,71,81-82,85-87,93H,7-9,14-18,22-23,25-26,31-32,35-66,69-70,105H2,1-6H3,(H,107,123)(H,108,120)(H,109,121)(H,111,125)(H,112,122)(H,113,127)(H,114,126)(H3,106,110,130)(H,115,128,129)(H,131,132,133)/t81-,82+,85?,86-,87-,93+,101-,102-,103+,104+/m1/s1. The minimum atomic E-state index is -4.16. The van der Waals surface area contributed by atoms with Gasteiger partial charge < -0.3 is 102 Å². The maximum atomic E-state index is 15.1. The van der Waals surface area contributed by atoms with Crippen LogP contribution in [0.5, 0.6) is 0 Å². The molecule has 11 rings (SSSR count). The molecule has 0 bridgehead atoms. The lowest BCUT2D eigenvalue weighted by atomic mass is 9.49. The number of fused-ring (bicyclic) bond motifs is 9. The third kappa shape index (κ3) is 33.3. The fourth-order valence-corrected chi connectivity index (χ4v) is 21.3. The molecule has 1 unspecified atom stereocenters. The highest BCUT2D eigenvalue weighted by atomic mass is 32.2. The number of aryl methyl sites for hydroxylation is 2. The number of urea groups is 1. The van der Waals surface area contributed by atoms with Gasteiger partial charge in [-0.25, -0.2) is 9.48 Å². The summed E-state index contributed by atoms with van der Waals surface area (Å²) in [6, 6.07) is 22.7. The molecule has 10 atom stereocenters. The van der Waals surface area contributed by atoms with Crippen LogP contribution in [0.3, 0.4) is 0 Å². The van der Waals surface area contributed by atoms with Gasteiger partial charge in [-0.05, 0) is 202 Å². The van der Waals surface area contributed by atoms with Crippen LogP contribution < -0.4 is 64.2 Å². The van der Waals surface area contributed by atoms with Gasteiger partial charge in [-0.1, -0.05) is 127 Å². The summed E-state index contributed by atoms with van der Waals surface area (Å²) in [6.45, 7) is 16.6. The molecule has 5 aromatic rings. The van der Waals surface area contributed by atoms with Crippen molar-refractivity contribution in [3.8, 4) is 11.8 Å². The Morgan fingerprint density at radius 3 is 1.69 bits per heavy atom. The quantitative estimate of drug-likeness (QED) is 0.00584. The molecule has 0 saturated heterocycles. The summed E-state index contributed by atoms with van der Waals surface area (Å²) in [5, 5.41) is 34.4. The Kier molecular flexibility index (Phi) is 44.0. The average molecular weight is 2010 g/mol. The molecular weight excluding hydrogens is 1860 g/mol. The molecule has 5 aliphatic carbocycles. The number of nitrogen functional groups attached to an aromatic ring is 1. The monoisotopic (exact) mass is 2010 g/mol. The van der Waals surface area contributed by atoms with E-state index in [1.165, 1.54) is 11.1 Å². The first-order valence-corrected chi connectivity index (χ1v) is 52.4. The number of nitrogens with one attached hydrogen (secondary N) is 9. The van der Waals surface area contributed by atoms with Crippen LogP contribution in [0.4, 0.5) is 21.9 Å². The molecule has 0 radical (unpaired) electrons. The van der Waals surface area contributed by atoms with Gasteiger partial charge >= 0.3 is 6.03 Å². The number of hydrogen-bond acceptors (Lipinski definition) is 25. The van der Waals surface area contributed by atoms with Gasteiger partial charge in [0.15, 0.2) is 0 Å². The van der Waals surface area contributed by atoms with E-state index < -0.39 is 97.8 Å². The van der Waals surface area contributed by atoms with E-state index in [-0.39, 0.29) is 197 Å². The number of anilines is 3. The van der Waals surface area contributed by atoms with Crippen LogP contribution in [0.1, 0.15) is 233 Å². The van der Waals surface area contributed by atoms with Crippen molar-refractivity contribution in [3.05, 3.63) is 135 Å². The molecular formula is C104H149N15O23S. The summed E-state index contributed by atoms with van der Waals surface area (Å²) in [4.78, 5) is 154. The van der Waals surface area contributed by atoms with Crippen molar-refractivity contribution in [3.63, 3.8) is 0 Å². The van der Waals surface area contributed by atoms with Crippen molar-refractivity contribution in [1.29, 1.82) is 0 Å². The topological polar surface area (TPSA) is 519 Å². The van der Waals surface area contributed by atoms with E-state index in [9.17, 15) is 56.4 Å². The number of benzene rings is 4. The molecule has 4 aromatic carbocycles. The van der Waals surface area contributed by atoms with Crippen LogP contribution in [0, 0.1) is 40.4 Å². The zero-order chi connectivity index (χ0) is 102. The van der Waals surface area contributed by atoms with Gasteiger partial charge in [0.1, 0.15) is 36.5 Å². The number of nitrogens with two attached hydrogens (primary N) is 2. The molecule has 1 aliphatic heterocycles. The molecule has 14 N–H and O–H groups in total. The molecule has 0 spiro atoms. The Morgan fingerprint density at radius 2 is 1.06 bits per heavy atom. The second-order valence-corrected chi connectivity index (χ2v) is 40.7. The maximum Gasteiger partial charge on any atom is 0.312 e. The van der Waals surface area contributed by atoms with Gasteiger partial charge in [0.2, 0.25) is 59.1 Å². The van der Waals surface area contributed by atoms with E-state index in [0.29, 0.717) is 127 Å². The number of unbranched alkanes of at least 4 members (excludes halogenated alkanes) is 1. The minimum absolute atomic E-state index is 0.00392. The molecule has 143 heavy (non-hydrogen) atoms. The normalized spacial score (nSPS) is 20.6. The van der Waals surface area contributed by atoms with E-state index in [2.05, 4.69) is 96.0 Å². The highest BCUT2D eigenvalue weighted by Gasteiger charge is 2.59. The number of carbonyl (C=O) groups excluding carboxylic acids is 11. The summed E-state index contributed by atoms with van der Waals surface area (Å²) in [6.07, 6.45) is 12.0.